The molecule has 1 aliphatic carbocycles. The van der Waals surface area contributed by atoms with Crippen molar-refractivity contribution in [3.05, 3.63) is 23.6 Å². The van der Waals surface area contributed by atoms with Crippen LogP contribution in [-0.4, -0.2) is 11.5 Å². The van der Waals surface area contributed by atoms with E-state index in [1.54, 1.807) is 0 Å². The second kappa shape index (κ2) is 2.37. The quantitative estimate of drug-likeness (QED) is 0.572. The minimum Gasteiger partial charge on any atom is -0.480 e. The fraction of sp³-hybridized carbons (Fsp3) is 0.500. The van der Waals surface area contributed by atoms with Crippen LogP contribution in [0.3, 0.4) is 0 Å². The van der Waals surface area contributed by atoms with Gasteiger partial charge >= 0.3 is 0 Å². The van der Waals surface area contributed by atoms with Gasteiger partial charge in [0.1, 0.15) is 5.76 Å². The molecule has 2 rings (SSSR count). The maximum Gasteiger partial charge on any atom is 0.269 e. The maximum atomic E-state index is 11.6. The average molecular weight is 179 g/mol. The van der Waals surface area contributed by atoms with Crippen LogP contribution in [0.1, 0.15) is 26.7 Å². The Morgan fingerprint density at radius 3 is 2.62 bits per heavy atom. The number of carbonyl (C=O) groups is 1. The molecule has 1 N–H and O–H groups in total. The Kier molecular flexibility index (Phi) is 1.53. The summed E-state index contributed by atoms with van der Waals surface area (Å²) in [6, 6.07) is 0. The number of ether oxygens (including phenoxy) is 1. The number of allylic oxidation sites excluding steroid dienone is 2. The van der Waals surface area contributed by atoms with Crippen molar-refractivity contribution in [1.82, 2.24) is 5.32 Å². The fourth-order valence-electron chi connectivity index (χ4n) is 1.78. The Morgan fingerprint density at radius 2 is 2.08 bits per heavy atom. The molecule has 0 unspecified atom stereocenters. The van der Waals surface area contributed by atoms with E-state index < -0.39 is 5.60 Å². The van der Waals surface area contributed by atoms with Gasteiger partial charge in [-0.2, -0.15) is 0 Å². The Morgan fingerprint density at radius 1 is 1.46 bits per heavy atom. The van der Waals surface area contributed by atoms with E-state index in [0.717, 1.165) is 17.0 Å². The zero-order chi connectivity index (χ0) is 9.64. The van der Waals surface area contributed by atoms with Crippen LogP contribution in [0.15, 0.2) is 23.6 Å². The first-order chi connectivity index (χ1) is 6.03. The summed E-state index contributed by atoms with van der Waals surface area (Å²) in [6.07, 6.45) is 1.31. The van der Waals surface area contributed by atoms with Crippen LogP contribution < -0.4 is 5.32 Å². The SMILES string of the molecule is C=C1CC2(C1)OC(C)=C(C)NC2=O. The first-order valence-corrected chi connectivity index (χ1v) is 4.38. The molecule has 0 saturated heterocycles. The largest absolute Gasteiger partial charge is 0.480 e. The van der Waals surface area contributed by atoms with Crippen molar-refractivity contribution in [1.29, 1.82) is 0 Å². The lowest BCUT2D eigenvalue weighted by atomic mass is 9.75. The molecular formula is C10H13NO2. The molecule has 0 aromatic carbocycles. The molecule has 0 radical (unpaired) electrons. The van der Waals surface area contributed by atoms with Gasteiger partial charge in [-0.3, -0.25) is 4.79 Å². The minimum absolute atomic E-state index is 0.0250. The summed E-state index contributed by atoms with van der Waals surface area (Å²) in [6.45, 7) is 7.53. The highest BCUT2D eigenvalue weighted by Gasteiger charge is 2.51. The molecular weight excluding hydrogens is 166 g/mol. The van der Waals surface area contributed by atoms with Crippen molar-refractivity contribution in [2.24, 2.45) is 0 Å². The standard InChI is InChI=1S/C10H13NO2/c1-6-4-10(5-6)9(12)11-7(2)8(3)13-10/h1,4-5H2,2-3H3,(H,11,12). The van der Waals surface area contributed by atoms with Gasteiger partial charge in [0.15, 0.2) is 5.60 Å². The normalized spacial score (nSPS) is 25.4. The predicted molar refractivity (Wildman–Crippen MR) is 48.7 cm³/mol. The molecule has 1 aliphatic heterocycles. The third-order valence-corrected chi connectivity index (χ3v) is 2.66. The first-order valence-electron chi connectivity index (χ1n) is 4.38. The molecule has 2 aliphatic rings. The van der Waals surface area contributed by atoms with E-state index in [1.807, 2.05) is 13.8 Å². The summed E-state index contributed by atoms with van der Waals surface area (Å²) in [5, 5.41) is 2.82. The van der Waals surface area contributed by atoms with Crippen molar-refractivity contribution in [3.8, 4) is 0 Å². The smallest absolute Gasteiger partial charge is 0.269 e. The van der Waals surface area contributed by atoms with Crippen LogP contribution in [0.5, 0.6) is 0 Å². The van der Waals surface area contributed by atoms with Gasteiger partial charge in [-0.15, -0.1) is 0 Å². The van der Waals surface area contributed by atoms with E-state index in [4.69, 9.17) is 4.74 Å². The zero-order valence-electron chi connectivity index (χ0n) is 7.94. The molecule has 13 heavy (non-hydrogen) atoms. The van der Waals surface area contributed by atoms with Crippen LogP contribution in [-0.2, 0) is 9.53 Å². The zero-order valence-corrected chi connectivity index (χ0v) is 7.94. The first kappa shape index (κ1) is 8.35. The molecule has 0 aromatic heterocycles. The third-order valence-electron chi connectivity index (χ3n) is 2.66. The summed E-state index contributed by atoms with van der Waals surface area (Å²) in [5.41, 5.74) is 1.27. The number of nitrogens with one attached hydrogen (secondary N) is 1. The molecule has 0 atom stereocenters. The molecule has 0 aromatic rings. The third kappa shape index (κ3) is 1.07. The van der Waals surface area contributed by atoms with Gasteiger partial charge in [0.2, 0.25) is 0 Å². The van der Waals surface area contributed by atoms with E-state index >= 15 is 0 Å². The van der Waals surface area contributed by atoms with Crippen LogP contribution >= 0.6 is 0 Å². The number of hydrogen-bond acceptors (Lipinski definition) is 2. The minimum atomic E-state index is -0.624. The Labute approximate surface area is 77.5 Å². The molecule has 70 valence electrons. The van der Waals surface area contributed by atoms with Gasteiger partial charge in [-0.1, -0.05) is 12.2 Å². The molecule has 1 saturated carbocycles. The summed E-state index contributed by atoms with van der Waals surface area (Å²) in [4.78, 5) is 11.6. The van der Waals surface area contributed by atoms with E-state index in [2.05, 4.69) is 11.9 Å². The van der Waals surface area contributed by atoms with Crippen molar-refractivity contribution in [2.75, 3.05) is 0 Å². The van der Waals surface area contributed by atoms with E-state index in [0.29, 0.717) is 12.8 Å². The second-order valence-electron chi connectivity index (χ2n) is 3.84. The van der Waals surface area contributed by atoms with Crippen LogP contribution in [0, 0.1) is 0 Å². The molecule has 3 nitrogen and oxygen atoms in total. The monoisotopic (exact) mass is 179 g/mol. The second-order valence-corrected chi connectivity index (χ2v) is 3.84. The van der Waals surface area contributed by atoms with Crippen molar-refractivity contribution < 1.29 is 9.53 Å². The fourth-order valence-corrected chi connectivity index (χ4v) is 1.78. The van der Waals surface area contributed by atoms with Gasteiger partial charge in [0, 0.05) is 12.8 Å². The Bertz CT molecular complexity index is 320. The number of rotatable bonds is 0. The number of amides is 1. The summed E-state index contributed by atoms with van der Waals surface area (Å²) >= 11 is 0. The summed E-state index contributed by atoms with van der Waals surface area (Å²) in [7, 11) is 0. The van der Waals surface area contributed by atoms with Gasteiger partial charge in [-0.05, 0) is 13.8 Å². The maximum absolute atomic E-state index is 11.6. The highest BCUT2D eigenvalue weighted by atomic mass is 16.5. The molecule has 1 heterocycles. The van der Waals surface area contributed by atoms with E-state index in [9.17, 15) is 4.79 Å². The molecule has 1 spiro atoms. The van der Waals surface area contributed by atoms with Crippen LogP contribution in [0.2, 0.25) is 0 Å². The molecule has 1 amide bonds. The van der Waals surface area contributed by atoms with Crippen LogP contribution in [0.25, 0.3) is 0 Å². The van der Waals surface area contributed by atoms with Crippen molar-refractivity contribution in [3.63, 3.8) is 0 Å². The average Bonchev–Trinajstić information content (AvgIpc) is 1.98. The Balaban J connectivity index is 2.26. The Hall–Kier alpha value is -1.25. The van der Waals surface area contributed by atoms with Crippen LogP contribution in [0.4, 0.5) is 0 Å². The van der Waals surface area contributed by atoms with E-state index in [1.165, 1.54) is 0 Å². The van der Waals surface area contributed by atoms with Gasteiger partial charge in [0.05, 0.1) is 5.70 Å². The molecule has 0 bridgehead atoms. The van der Waals surface area contributed by atoms with Crippen molar-refractivity contribution in [2.45, 2.75) is 32.3 Å². The number of hydrogen-bond donors (Lipinski definition) is 1. The summed E-state index contributed by atoms with van der Waals surface area (Å²) < 4.78 is 5.61. The lowest BCUT2D eigenvalue weighted by Crippen LogP contribution is -2.56. The van der Waals surface area contributed by atoms with Gasteiger partial charge in [-0.25, -0.2) is 0 Å². The lowest BCUT2D eigenvalue weighted by molar-refractivity contribution is -0.149. The highest BCUT2D eigenvalue weighted by Crippen LogP contribution is 2.43. The van der Waals surface area contributed by atoms with E-state index in [-0.39, 0.29) is 5.91 Å². The molecule has 3 heteroatoms. The predicted octanol–water partition coefficient (Wildman–Crippen LogP) is 1.47. The highest BCUT2D eigenvalue weighted by molar-refractivity contribution is 5.90. The van der Waals surface area contributed by atoms with Gasteiger partial charge < -0.3 is 10.1 Å². The van der Waals surface area contributed by atoms with Gasteiger partial charge in [0.25, 0.3) is 5.91 Å². The number of carbonyl (C=O) groups excluding carboxylic acids is 1. The van der Waals surface area contributed by atoms with Crippen molar-refractivity contribution >= 4 is 5.91 Å². The molecule has 1 fully saturated rings. The lowest BCUT2D eigenvalue weighted by Gasteiger charge is -2.44. The topological polar surface area (TPSA) is 38.3 Å². The summed E-state index contributed by atoms with van der Waals surface area (Å²) in [5.74, 6) is 0.787.